The third-order valence-corrected chi connectivity index (χ3v) is 6.61. The minimum absolute atomic E-state index is 0.0369. The molecule has 2 aromatic rings. The standard InChI is InChI=1S/C18H17ClN2O4S2/c1-12(22)13-2-4-14(5-3-13)21-10-8-16(18(21)23)20-27(24,25)11-9-15-6-7-17(19)26-15/h2-8,20H,9-11H2,1H3. The zero-order valence-corrected chi connectivity index (χ0v) is 16.8. The van der Waals surface area contributed by atoms with Crippen LogP contribution in [-0.2, 0) is 21.2 Å². The lowest BCUT2D eigenvalue weighted by Gasteiger charge is -2.17. The van der Waals surface area contributed by atoms with E-state index >= 15 is 0 Å². The predicted molar refractivity (Wildman–Crippen MR) is 107 cm³/mol. The fourth-order valence-corrected chi connectivity index (χ4v) is 4.93. The Morgan fingerprint density at radius 2 is 1.93 bits per heavy atom. The highest BCUT2D eigenvalue weighted by Crippen LogP contribution is 2.23. The second-order valence-corrected chi connectivity index (χ2v) is 9.65. The van der Waals surface area contributed by atoms with Crippen LogP contribution < -0.4 is 9.62 Å². The van der Waals surface area contributed by atoms with E-state index in [2.05, 4.69) is 4.72 Å². The average Bonchev–Trinajstić information content (AvgIpc) is 3.19. The highest BCUT2D eigenvalue weighted by atomic mass is 35.5. The third-order valence-electron chi connectivity index (χ3n) is 4.05. The quantitative estimate of drug-likeness (QED) is 0.692. The Labute approximate surface area is 166 Å². The molecule has 0 spiro atoms. The number of amides is 1. The Kier molecular flexibility index (Phi) is 5.69. The van der Waals surface area contributed by atoms with Crippen molar-refractivity contribution >= 4 is 50.3 Å². The van der Waals surface area contributed by atoms with Crippen LogP contribution in [0.4, 0.5) is 5.69 Å². The van der Waals surface area contributed by atoms with Gasteiger partial charge in [0.2, 0.25) is 10.0 Å². The Bertz CT molecular complexity index is 1010. The van der Waals surface area contributed by atoms with Crippen LogP contribution in [0, 0.1) is 0 Å². The van der Waals surface area contributed by atoms with Crippen LogP contribution in [0.5, 0.6) is 0 Å². The summed E-state index contributed by atoms with van der Waals surface area (Å²) in [6.45, 7) is 1.73. The number of nitrogens with one attached hydrogen (secondary N) is 1. The van der Waals surface area contributed by atoms with Crippen molar-refractivity contribution in [3.05, 3.63) is 62.9 Å². The Hall–Kier alpha value is -2.16. The Balaban J connectivity index is 1.62. The van der Waals surface area contributed by atoms with Gasteiger partial charge in [0.1, 0.15) is 5.70 Å². The van der Waals surface area contributed by atoms with Crippen LogP contribution >= 0.6 is 22.9 Å². The van der Waals surface area contributed by atoms with Gasteiger partial charge in [-0.05, 0) is 55.8 Å². The number of carbonyl (C=O) groups is 2. The zero-order chi connectivity index (χ0) is 19.6. The minimum atomic E-state index is -3.66. The van der Waals surface area contributed by atoms with Crippen LogP contribution in [0.1, 0.15) is 22.2 Å². The fraction of sp³-hybridized carbons (Fsp3) is 0.222. The second-order valence-electron chi connectivity index (χ2n) is 6.01. The molecule has 2 heterocycles. The number of halogens is 1. The highest BCUT2D eigenvalue weighted by Gasteiger charge is 2.28. The van der Waals surface area contributed by atoms with Crippen molar-refractivity contribution < 1.29 is 18.0 Å². The monoisotopic (exact) mass is 424 g/mol. The van der Waals surface area contributed by atoms with Crippen molar-refractivity contribution in [1.29, 1.82) is 0 Å². The zero-order valence-electron chi connectivity index (χ0n) is 14.4. The number of hydrogen-bond acceptors (Lipinski definition) is 5. The first-order chi connectivity index (χ1) is 12.7. The number of rotatable bonds is 7. The van der Waals surface area contributed by atoms with Crippen molar-refractivity contribution in [3.63, 3.8) is 0 Å². The van der Waals surface area contributed by atoms with Crippen molar-refractivity contribution in [2.24, 2.45) is 0 Å². The molecule has 27 heavy (non-hydrogen) atoms. The van der Waals surface area contributed by atoms with Gasteiger partial charge in [0, 0.05) is 22.7 Å². The number of benzene rings is 1. The van der Waals surface area contributed by atoms with Gasteiger partial charge in [-0.15, -0.1) is 11.3 Å². The number of Topliss-reactive ketones (excluding diaryl/α,β-unsaturated/α-hetero) is 1. The van der Waals surface area contributed by atoms with Gasteiger partial charge < -0.3 is 4.90 Å². The van der Waals surface area contributed by atoms with E-state index in [1.807, 2.05) is 0 Å². The number of nitrogens with zero attached hydrogens (tertiary/aromatic N) is 1. The summed E-state index contributed by atoms with van der Waals surface area (Å²) in [7, 11) is -3.66. The van der Waals surface area contributed by atoms with Gasteiger partial charge in [-0.1, -0.05) is 11.6 Å². The Morgan fingerprint density at radius 3 is 2.52 bits per heavy atom. The molecule has 3 rings (SSSR count). The summed E-state index contributed by atoms with van der Waals surface area (Å²) >= 11 is 7.18. The van der Waals surface area contributed by atoms with E-state index in [9.17, 15) is 18.0 Å². The minimum Gasteiger partial charge on any atom is -0.303 e. The first-order valence-corrected chi connectivity index (χ1v) is 11.0. The molecule has 0 saturated heterocycles. The van der Waals surface area contributed by atoms with E-state index in [1.165, 1.54) is 23.2 Å². The fourth-order valence-electron chi connectivity index (χ4n) is 2.62. The molecular weight excluding hydrogens is 408 g/mol. The van der Waals surface area contributed by atoms with Crippen LogP contribution in [0.25, 0.3) is 0 Å². The second kappa shape index (κ2) is 7.84. The van der Waals surface area contributed by atoms with Crippen molar-refractivity contribution in [2.75, 3.05) is 17.2 Å². The molecule has 1 aromatic carbocycles. The summed E-state index contributed by atoms with van der Waals surface area (Å²) < 4.78 is 27.6. The molecule has 0 atom stereocenters. The molecule has 0 fully saturated rings. The molecule has 1 aliphatic heterocycles. The summed E-state index contributed by atoms with van der Waals surface area (Å²) in [5, 5.41) is 0. The van der Waals surface area contributed by atoms with Crippen molar-refractivity contribution in [1.82, 2.24) is 4.72 Å². The van der Waals surface area contributed by atoms with Crippen molar-refractivity contribution in [3.8, 4) is 0 Å². The van der Waals surface area contributed by atoms with E-state index < -0.39 is 15.9 Å². The van der Waals surface area contributed by atoms with Crippen LogP contribution in [0.2, 0.25) is 4.34 Å². The molecular formula is C18H17ClN2O4S2. The lowest BCUT2D eigenvalue weighted by molar-refractivity contribution is -0.114. The predicted octanol–water partition coefficient (Wildman–Crippen LogP) is 3.00. The topological polar surface area (TPSA) is 83.6 Å². The lowest BCUT2D eigenvalue weighted by atomic mass is 10.1. The summed E-state index contributed by atoms with van der Waals surface area (Å²) in [5.41, 5.74) is 1.19. The van der Waals surface area contributed by atoms with Crippen LogP contribution in [-0.4, -0.2) is 32.4 Å². The number of sulfonamides is 1. The average molecular weight is 425 g/mol. The van der Waals surface area contributed by atoms with Gasteiger partial charge in [0.05, 0.1) is 10.1 Å². The summed E-state index contributed by atoms with van der Waals surface area (Å²) in [5.74, 6) is -0.622. The van der Waals surface area contributed by atoms with E-state index in [1.54, 1.807) is 42.5 Å². The van der Waals surface area contributed by atoms with E-state index in [0.29, 0.717) is 22.0 Å². The molecule has 1 aliphatic rings. The summed E-state index contributed by atoms with van der Waals surface area (Å²) in [4.78, 5) is 26.2. The molecule has 0 aliphatic carbocycles. The molecule has 1 aromatic heterocycles. The molecule has 0 bridgehead atoms. The third kappa shape index (κ3) is 4.77. The number of ketones is 1. The van der Waals surface area contributed by atoms with Crippen LogP contribution in [0.3, 0.4) is 0 Å². The number of hydrogen-bond donors (Lipinski definition) is 1. The maximum atomic E-state index is 12.5. The molecule has 6 nitrogen and oxygen atoms in total. The number of anilines is 1. The molecule has 1 N–H and O–H groups in total. The van der Waals surface area contributed by atoms with Crippen LogP contribution in [0.15, 0.2) is 48.2 Å². The van der Waals surface area contributed by atoms with Gasteiger partial charge in [0.25, 0.3) is 5.91 Å². The first-order valence-electron chi connectivity index (χ1n) is 8.13. The maximum Gasteiger partial charge on any atom is 0.275 e. The van der Waals surface area contributed by atoms with Gasteiger partial charge in [-0.2, -0.15) is 0 Å². The lowest BCUT2D eigenvalue weighted by Crippen LogP contribution is -2.34. The Morgan fingerprint density at radius 1 is 1.22 bits per heavy atom. The molecule has 0 unspecified atom stereocenters. The van der Waals surface area contributed by atoms with Gasteiger partial charge in [0.15, 0.2) is 5.78 Å². The summed E-state index contributed by atoms with van der Waals surface area (Å²) in [6, 6.07) is 10.1. The summed E-state index contributed by atoms with van der Waals surface area (Å²) in [6.07, 6.45) is 1.87. The van der Waals surface area contributed by atoms with E-state index in [4.69, 9.17) is 11.6 Å². The van der Waals surface area contributed by atoms with Gasteiger partial charge in [-0.3, -0.25) is 14.3 Å². The molecule has 0 radical (unpaired) electrons. The molecule has 9 heteroatoms. The number of thiophene rings is 1. The first kappa shape index (κ1) is 19.6. The van der Waals surface area contributed by atoms with E-state index in [-0.39, 0.29) is 23.8 Å². The molecule has 142 valence electrons. The van der Waals surface area contributed by atoms with Crippen molar-refractivity contribution in [2.45, 2.75) is 13.3 Å². The SMILES string of the molecule is CC(=O)c1ccc(N2CC=C(NS(=O)(=O)CCc3ccc(Cl)s3)C2=O)cc1. The largest absolute Gasteiger partial charge is 0.303 e. The highest BCUT2D eigenvalue weighted by molar-refractivity contribution is 7.89. The smallest absolute Gasteiger partial charge is 0.275 e. The molecule has 0 saturated carbocycles. The van der Waals surface area contributed by atoms with E-state index in [0.717, 1.165) is 4.88 Å². The van der Waals surface area contributed by atoms with Gasteiger partial charge in [-0.25, -0.2) is 8.42 Å². The maximum absolute atomic E-state index is 12.5. The normalized spacial score (nSPS) is 14.4. The number of aryl methyl sites for hydroxylation is 1. The number of carbonyl (C=O) groups excluding carboxylic acids is 2. The molecule has 1 amide bonds. The van der Waals surface area contributed by atoms with Gasteiger partial charge >= 0.3 is 0 Å².